The molecule has 0 bridgehead atoms. The minimum Gasteiger partial charge on any atom is -0.497 e. The Morgan fingerprint density at radius 1 is 1.21 bits per heavy atom. The van der Waals surface area contributed by atoms with Crippen LogP contribution < -0.4 is 4.74 Å². The molecule has 3 heterocycles. The summed E-state index contributed by atoms with van der Waals surface area (Å²) in [5.74, 6) is 1.39. The first-order chi connectivity index (χ1) is 16.1. The van der Waals surface area contributed by atoms with Crippen molar-refractivity contribution in [1.82, 2.24) is 15.0 Å². The first-order valence-corrected chi connectivity index (χ1v) is 10.7. The van der Waals surface area contributed by atoms with Gasteiger partial charge in [-0.05, 0) is 42.7 Å². The highest BCUT2D eigenvalue weighted by Crippen LogP contribution is 2.34. The van der Waals surface area contributed by atoms with Crippen LogP contribution in [0.4, 0.5) is 4.39 Å². The van der Waals surface area contributed by atoms with E-state index in [2.05, 4.69) is 10.1 Å². The van der Waals surface area contributed by atoms with Crippen LogP contribution in [0.2, 0.25) is 0 Å². The number of hydrogen-bond acceptors (Lipinski definition) is 6. The zero-order chi connectivity index (χ0) is 22.8. The predicted molar refractivity (Wildman–Crippen MR) is 117 cm³/mol. The highest BCUT2D eigenvalue weighted by atomic mass is 19.1. The van der Waals surface area contributed by atoms with Gasteiger partial charge >= 0.3 is 0 Å². The average Bonchev–Trinajstić information content (AvgIpc) is 3.59. The summed E-state index contributed by atoms with van der Waals surface area (Å²) in [6, 6.07) is 15.1. The van der Waals surface area contributed by atoms with E-state index in [1.807, 2.05) is 30.3 Å². The largest absolute Gasteiger partial charge is 0.497 e. The fraction of sp³-hybridized carbons (Fsp3) is 0.240. The number of hydrogen-bond donors (Lipinski definition) is 0. The zero-order valence-electron chi connectivity index (χ0n) is 18.0. The predicted octanol–water partition coefficient (Wildman–Crippen LogP) is 5.05. The number of nitrogens with zero attached hydrogens (tertiary/aromatic N) is 3. The SMILES string of the molecule is COc1cccc(-c2cc(C(=O)N3CCCC3c3ncc(Cc4cccc(F)c4)o3)on2)c1. The van der Waals surface area contributed by atoms with Gasteiger partial charge < -0.3 is 18.6 Å². The second-order valence-electron chi connectivity index (χ2n) is 7.94. The fourth-order valence-electron chi connectivity index (χ4n) is 4.11. The highest BCUT2D eigenvalue weighted by Gasteiger charge is 2.35. The Bertz CT molecular complexity index is 1280. The summed E-state index contributed by atoms with van der Waals surface area (Å²) in [5, 5.41) is 4.06. The maximum Gasteiger partial charge on any atom is 0.293 e. The molecule has 1 saturated heterocycles. The molecule has 1 atom stereocenters. The first kappa shape index (κ1) is 20.9. The number of aromatic nitrogens is 2. The van der Waals surface area contributed by atoms with Crippen LogP contribution in [0.15, 0.2) is 69.7 Å². The Morgan fingerprint density at radius 3 is 2.94 bits per heavy atom. The van der Waals surface area contributed by atoms with Gasteiger partial charge in [-0.15, -0.1) is 0 Å². The normalized spacial score (nSPS) is 15.7. The third-order valence-electron chi connectivity index (χ3n) is 5.72. The third kappa shape index (κ3) is 4.37. The second kappa shape index (κ2) is 8.90. The fourth-order valence-corrected chi connectivity index (χ4v) is 4.11. The van der Waals surface area contributed by atoms with Gasteiger partial charge in [-0.3, -0.25) is 4.79 Å². The van der Waals surface area contributed by atoms with Gasteiger partial charge in [-0.2, -0.15) is 0 Å². The van der Waals surface area contributed by atoms with Crippen LogP contribution in [0.1, 0.15) is 46.7 Å². The third-order valence-corrected chi connectivity index (χ3v) is 5.72. The van der Waals surface area contributed by atoms with E-state index in [0.717, 1.165) is 24.0 Å². The van der Waals surface area contributed by atoms with Gasteiger partial charge in [0, 0.05) is 24.6 Å². The molecule has 1 amide bonds. The molecule has 0 saturated carbocycles. The summed E-state index contributed by atoms with van der Waals surface area (Å²) in [6.07, 6.45) is 3.63. The van der Waals surface area contributed by atoms with Crippen molar-refractivity contribution in [3.05, 3.63) is 89.6 Å². The number of methoxy groups -OCH3 is 1. The van der Waals surface area contributed by atoms with E-state index in [-0.39, 0.29) is 23.5 Å². The van der Waals surface area contributed by atoms with Crippen molar-refractivity contribution in [2.75, 3.05) is 13.7 Å². The van der Waals surface area contributed by atoms with Crippen molar-refractivity contribution in [3.63, 3.8) is 0 Å². The summed E-state index contributed by atoms with van der Waals surface area (Å²) in [5.41, 5.74) is 2.15. The van der Waals surface area contributed by atoms with E-state index >= 15 is 0 Å². The quantitative estimate of drug-likeness (QED) is 0.412. The van der Waals surface area contributed by atoms with Crippen LogP contribution >= 0.6 is 0 Å². The van der Waals surface area contributed by atoms with Gasteiger partial charge in [0.25, 0.3) is 5.91 Å². The molecule has 168 valence electrons. The van der Waals surface area contributed by atoms with E-state index in [1.54, 1.807) is 30.3 Å². The minimum absolute atomic E-state index is 0.159. The monoisotopic (exact) mass is 447 g/mol. The molecule has 8 heteroatoms. The number of carbonyl (C=O) groups is 1. The van der Waals surface area contributed by atoms with E-state index in [0.29, 0.717) is 36.1 Å². The maximum absolute atomic E-state index is 13.5. The molecule has 0 N–H and O–H groups in total. The molecular weight excluding hydrogens is 425 g/mol. The number of oxazole rings is 1. The molecule has 1 fully saturated rings. The van der Waals surface area contributed by atoms with E-state index < -0.39 is 0 Å². The molecule has 1 aliphatic rings. The molecular formula is C25H22FN3O4. The molecule has 1 unspecified atom stereocenters. The first-order valence-electron chi connectivity index (χ1n) is 10.7. The van der Waals surface area contributed by atoms with Gasteiger partial charge in [-0.25, -0.2) is 9.37 Å². The Kier molecular flexibility index (Phi) is 5.64. The van der Waals surface area contributed by atoms with Crippen LogP contribution in [0.5, 0.6) is 5.75 Å². The summed E-state index contributed by atoms with van der Waals surface area (Å²) in [4.78, 5) is 19.3. The molecule has 0 aliphatic carbocycles. The molecule has 1 aliphatic heterocycles. The Morgan fingerprint density at radius 2 is 2.09 bits per heavy atom. The molecule has 5 rings (SSSR count). The van der Waals surface area contributed by atoms with Gasteiger partial charge in [0.1, 0.15) is 29.1 Å². The van der Waals surface area contributed by atoms with Crippen LogP contribution in [-0.2, 0) is 6.42 Å². The van der Waals surface area contributed by atoms with Crippen LogP contribution in [0.3, 0.4) is 0 Å². The molecule has 33 heavy (non-hydrogen) atoms. The molecule has 0 radical (unpaired) electrons. The lowest BCUT2D eigenvalue weighted by molar-refractivity contribution is 0.0672. The maximum atomic E-state index is 13.5. The highest BCUT2D eigenvalue weighted by molar-refractivity contribution is 5.92. The van der Waals surface area contributed by atoms with Gasteiger partial charge in [0.05, 0.1) is 13.3 Å². The Hall–Kier alpha value is -3.94. The second-order valence-corrected chi connectivity index (χ2v) is 7.94. The zero-order valence-corrected chi connectivity index (χ0v) is 18.0. The molecule has 7 nitrogen and oxygen atoms in total. The molecule has 2 aromatic heterocycles. The van der Waals surface area contributed by atoms with Crippen LogP contribution in [-0.4, -0.2) is 34.6 Å². The number of halogens is 1. The lowest BCUT2D eigenvalue weighted by Crippen LogP contribution is -2.30. The standard InChI is InChI=1S/C25H22FN3O4/c1-31-19-8-3-6-17(13-19)21-14-23(33-28-21)25(30)29-10-4-9-22(29)24-27-15-20(32-24)12-16-5-2-7-18(26)11-16/h2-3,5-8,11,13-15,22H,4,9-10,12H2,1H3. The summed E-state index contributed by atoms with van der Waals surface area (Å²) in [6.45, 7) is 0.570. The Balaban J connectivity index is 1.32. The minimum atomic E-state index is -0.292. The van der Waals surface area contributed by atoms with Gasteiger partial charge in [-0.1, -0.05) is 29.4 Å². The number of likely N-dealkylation sites (tertiary alicyclic amines) is 1. The number of amides is 1. The van der Waals surface area contributed by atoms with Crippen molar-refractivity contribution in [2.45, 2.75) is 25.3 Å². The van der Waals surface area contributed by atoms with Crippen molar-refractivity contribution >= 4 is 5.91 Å². The Labute approximate surface area is 189 Å². The summed E-state index contributed by atoms with van der Waals surface area (Å²) >= 11 is 0. The average molecular weight is 447 g/mol. The number of rotatable bonds is 6. The molecule has 4 aromatic rings. The number of ether oxygens (including phenoxy) is 1. The smallest absolute Gasteiger partial charge is 0.293 e. The van der Waals surface area contributed by atoms with Crippen molar-refractivity contribution in [2.24, 2.45) is 0 Å². The van der Waals surface area contributed by atoms with Gasteiger partial charge in [0.2, 0.25) is 11.7 Å². The van der Waals surface area contributed by atoms with Crippen molar-refractivity contribution in [3.8, 4) is 17.0 Å². The lowest BCUT2D eigenvalue weighted by Gasteiger charge is -2.20. The lowest BCUT2D eigenvalue weighted by atomic mass is 10.1. The summed E-state index contributed by atoms with van der Waals surface area (Å²) < 4.78 is 30.0. The van der Waals surface area contributed by atoms with E-state index in [4.69, 9.17) is 13.7 Å². The van der Waals surface area contributed by atoms with E-state index in [1.165, 1.54) is 12.1 Å². The van der Waals surface area contributed by atoms with Crippen molar-refractivity contribution in [1.29, 1.82) is 0 Å². The molecule has 2 aromatic carbocycles. The van der Waals surface area contributed by atoms with Gasteiger partial charge in [0.15, 0.2) is 0 Å². The number of carbonyl (C=O) groups excluding carboxylic acids is 1. The van der Waals surface area contributed by atoms with Crippen LogP contribution in [0, 0.1) is 5.82 Å². The van der Waals surface area contributed by atoms with Crippen LogP contribution in [0.25, 0.3) is 11.3 Å². The molecule has 0 spiro atoms. The van der Waals surface area contributed by atoms with Crippen molar-refractivity contribution < 1.29 is 22.9 Å². The summed E-state index contributed by atoms with van der Waals surface area (Å²) in [7, 11) is 1.59. The topological polar surface area (TPSA) is 81.6 Å². The number of benzene rings is 2. The van der Waals surface area contributed by atoms with E-state index in [9.17, 15) is 9.18 Å².